The maximum absolute atomic E-state index is 11.4. The van der Waals surface area contributed by atoms with Crippen LogP contribution in [0.2, 0.25) is 0 Å². The number of ether oxygens (including phenoxy) is 2. The molecule has 0 amide bonds. The lowest BCUT2D eigenvalue weighted by molar-refractivity contribution is -0.291. The minimum atomic E-state index is -1.64. The van der Waals surface area contributed by atoms with Crippen molar-refractivity contribution in [3.63, 3.8) is 0 Å². The molecule has 0 bridgehead atoms. The van der Waals surface area contributed by atoms with Crippen LogP contribution in [0.1, 0.15) is 27.2 Å². The Morgan fingerprint density at radius 2 is 1.79 bits per heavy atom. The number of aliphatic hydroxyl groups is 5. The quantitative estimate of drug-likeness (QED) is 0.387. The molecule has 5 N–H and O–H groups in total. The number of aliphatic hydroxyl groups excluding tert-OH is 5. The van der Waals surface area contributed by atoms with Crippen LogP contribution < -0.4 is 0 Å². The van der Waals surface area contributed by atoms with Crippen molar-refractivity contribution >= 4 is 6.29 Å². The smallest absolute Gasteiger partial charge is 0.184 e. The van der Waals surface area contributed by atoms with Gasteiger partial charge in [0, 0.05) is 0 Å². The van der Waals surface area contributed by atoms with Gasteiger partial charge in [-0.2, -0.15) is 0 Å². The van der Waals surface area contributed by atoms with Crippen LogP contribution in [0.4, 0.5) is 0 Å². The van der Waals surface area contributed by atoms with Gasteiger partial charge in [0.25, 0.3) is 0 Å². The van der Waals surface area contributed by atoms with Crippen molar-refractivity contribution in [3.8, 4) is 0 Å². The Hall–Kier alpha value is -0.870. The maximum Gasteiger partial charge on any atom is 0.184 e. The topological polar surface area (TPSA) is 137 Å². The summed E-state index contributed by atoms with van der Waals surface area (Å²) in [4.78, 5) is 11.4. The van der Waals surface area contributed by atoms with Gasteiger partial charge >= 0.3 is 0 Å². The SMILES string of the molecule is CC1=C(C=O)C(C)(C)C[C@H](O)[C@@H]1OC[C@H]1O[C@@H](O)[C@H](O)[C@@H](O)[C@@H]1O. The summed E-state index contributed by atoms with van der Waals surface area (Å²) in [6.45, 7) is 5.20. The molecule has 0 aromatic rings. The van der Waals surface area contributed by atoms with Gasteiger partial charge in [-0.25, -0.2) is 0 Å². The first-order valence-corrected chi connectivity index (χ1v) is 7.94. The third-order valence-electron chi connectivity index (χ3n) is 4.89. The van der Waals surface area contributed by atoms with Gasteiger partial charge in [0.2, 0.25) is 0 Å². The summed E-state index contributed by atoms with van der Waals surface area (Å²) >= 11 is 0. The average Bonchev–Trinajstić information content (AvgIpc) is 2.49. The molecule has 138 valence electrons. The molecule has 0 saturated carbocycles. The van der Waals surface area contributed by atoms with E-state index in [4.69, 9.17) is 9.47 Å². The molecule has 7 atom stereocenters. The van der Waals surface area contributed by atoms with Crippen molar-refractivity contribution in [1.82, 2.24) is 0 Å². The van der Waals surface area contributed by atoms with Crippen LogP contribution in [0.25, 0.3) is 0 Å². The summed E-state index contributed by atoms with van der Waals surface area (Å²) in [6.07, 6.45) is -7.85. The molecule has 2 rings (SSSR count). The Kier molecular flexibility index (Phi) is 5.81. The Morgan fingerprint density at radius 3 is 2.38 bits per heavy atom. The van der Waals surface area contributed by atoms with Gasteiger partial charge in [-0.1, -0.05) is 13.8 Å². The summed E-state index contributed by atoms with van der Waals surface area (Å²) in [5.74, 6) is 0. The fraction of sp³-hybridized carbons (Fsp3) is 0.812. The summed E-state index contributed by atoms with van der Waals surface area (Å²) in [5, 5.41) is 48.9. The molecule has 0 unspecified atom stereocenters. The van der Waals surface area contributed by atoms with Gasteiger partial charge in [0.15, 0.2) is 6.29 Å². The summed E-state index contributed by atoms with van der Waals surface area (Å²) < 4.78 is 10.7. The van der Waals surface area contributed by atoms with Gasteiger partial charge in [-0.3, -0.25) is 4.79 Å². The summed E-state index contributed by atoms with van der Waals surface area (Å²) in [7, 11) is 0. The number of hydrogen-bond donors (Lipinski definition) is 5. The molecule has 24 heavy (non-hydrogen) atoms. The van der Waals surface area contributed by atoms with Crippen LogP contribution in [-0.2, 0) is 14.3 Å². The molecule has 1 heterocycles. The van der Waals surface area contributed by atoms with Gasteiger partial charge in [0.1, 0.15) is 36.8 Å². The van der Waals surface area contributed by atoms with Crippen molar-refractivity contribution < 1.29 is 39.8 Å². The first-order chi connectivity index (χ1) is 11.1. The Bertz CT molecular complexity index is 502. The molecule has 1 saturated heterocycles. The largest absolute Gasteiger partial charge is 0.390 e. The molecule has 0 spiro atoms. The van der Waals surface area contributed by atoms with E-state index in [9.17, 15) is 30.3 Å². The number of hydrogen-bond acceptors (Lipinski definition) is 8. The van der Waals surface area contributed by atoms with Crippen LogP contribution in [0.15, 0.2) is 11.1 Å². The molecule has 1 fully saturated rings. The van der Waals surface area contributed by atoms with Crippen molar-refractivity contribution in [2.24, 2.45) is 5.41 Å². The third kappa shape index (κ3) is 3.55. The molecule has 0 aromatic carbocycles. The van der Waals surface area contributed by atoms with E-state index in [1.807, 2.05) is 13.8 Å². The van der Waals surface area contributed by atoms with E-state index in [0.29, 0.717) is 17.6 Å². The van der Waals surface area contributed by atoms with Crippen molar-refractivity contribution in [1.29, 1.82) is 0 Å². The van der Waals surface area contributed by atoms with E-state index in [-0.39, 0.29) is 6.61 Å². The molecule has 0 radical (unpaired) electrons. The van der Waals surface area contributed by atoms with Crippen molar-refractivity contribution in [2.45, 2.75) is 70.1 Å². The maximum atomic E-state index is 11.4. The van der Waals surface area contributed by atoms with Gasteiger partial charge in [-0.05, 0) is 29.9 Å². The second-order valence-electron chi connectivity index (χ2n) is 7.16. The van der Waals surface area contributed by atoms with Gasteiger partial charge < -0.3 is 35.0 Å². The van der Waals surface area contributed by atoms with E-state index in [0.717, 1.165) is 6.29 Å². The first-order valence-electron chi connectivity index (χ1n) is 7.94. The highest BCUT2D eigenvalue weighted by atomic mass is 16.6. The van der Waals surface area contributed by atoms with Gasteiger partial charge in [-0.15, -0.1) is 0 Å². The lowest BCUT2D eigenvalue weighted by atomic mass is 9.71. The van der Waals surface area contributed by atoms with E-state index in [1.54, 1.807) is 6.92 Å². The predicted octanol–water partition coefficient (Wildman–Crippen LogP) is -1.52. The van der Waals surface area contributed by atoms with Crippen molar-refractivity contribution in [3.05, 3.63) is 11.1 Å². The van der Waals surface area contributed by atoms with Crippen LogP contribution in [-0.4, -0.2) is 81.3 Å². The Labute approximate surface area is 140 Å². The standard InChI is InChI=1S/C16H26O8/c1-7-8(5-17)16(2,3)4-9(18)14(7)23-6-10-11(19)12(20)13(21)15(22)24-10/h5,9-15,18-22H,4,6H2,1-3H3/t9-,10+,11+,12-,13+,14+,15+/m0/s1. The monoisotopic (exact) mass is 346 g/mol. The zero-order valence-electron chi connectivity index (χ0n) is 14.0. The fourth-order valence-electron chi connectivity index (χ4n) is 3.47. The van der Waals surface area contributed by atoms with Gasteiger partial charge in [0.05, 0.1) is 12.7 Å². The Balaban J connectivity index is 2.09. The van der Waals surface area contributed by atoms with E-state index < -0.39 is 48.3 Å². The zero-order chi connectivity index (χ0) is 18.2. The number of allylic oxidation sites excluding steroid dienone is 1. The second-order valence-corrected chi connectivity index (χ2v) is 7.16. The van der Waals surface area contributed by atoms with E-state index in [2.05, 4.69) is 0 Å². The molecule has 1 aliphatic carbocycles. The molecule has 2 aliphatic rings. The highest BCUT2D eigenvalue weighted by Gasteiger charge is 2.44. The number of carbonyl (C=O) groups excluding carboxylic acids is 1. The lowest BCUT2D eigenvalue weighted by Crippen LogP contribution is -2.59. The molecule has 1 aliphatic heterocycles. The first kappa shape index (κ1) is 19.5. The average molecular weight is 346 g/mol. The van der Waals surface area contributed by atoms with E-state index >= 15 is 0 Å². The van der Waals surface area contributed by atoms with E-state index in [1.165, 1.54) is 0 Å². The van der Waals surface area contributed by atoms with Crippen LogP contribution in [0, 0.1) is 5.41 Å². The lowest BCUT2D eigenvalue weighted by Gasteiger charge is -2.41. The predicted molar refractivity (Wildman–Crippen MR) is 81.8 cm³/mol. The van der Waals surface area contributed by atoms with Crippen molar-refractivity contribution in [2.75, 3.05) is 6.61 Å². The summed E-state index contributed by atoms with van der Waals surface area (Å²) in [6, 6.07) is 0. The molecule has 0 aromatic heterocycles. The van der Waals surface area contributed by atoms with Crippen LogP contribution >= 0.6 is 0 Å². The zero-order valence-corrected chi connectivity index (χ0v) is 14.0. The summed E-state index contributed by atoms with van der Waals surface area (Å²) in [5.41, 5.74) is 0.682. The number of rotatable bonds is 4. The molecular formula is C16H26O8. The molecule has 8 nitrogen and oxygen atoms in total. The minimum absolute atomic E-state index is 0.229. The Morgan fingerprint density at radius 1 is 1.17 bits per heavy atom. The minimum Gasteiger partial charge on any atom is -0.390 e. The fourth-order valence-corrected chi connectivity index (χ4v) is 3.47. The molecule has 8 heteroatoms. The second kappa shape index (κ2) is 7.17. The molecular weight excluding hydrogens is 320 g/mol. The van der Waals surface area contributed by atoms with Crippen LogP contribution in [0.5, 0.6) is 0 Å². The highest BCUT2D eigenvalue weighted by molar-refractivity contribution is 5.77. The van der Waals surface area contributed by atoms with Crippen LogP contribution in [0.3, 0.4) is 0 Å². The highest BCUT2D eigenvalue weighted by Crippen LogP contribution is 2.40. The third-order valence-corrected chi connectivity index (χ3v) is 4.89. The normalized spacial score (nSPS) is 42.9. The number of aldehydes is 1. The number of carbonyl (C=O) groups is 1.